The second kappa shape index (κ2) is 7.40. The maximum Gasteiger partial charge on any atom is 0.213 e. The topological polar surface area (TPSA) is 55.6 Å². The van der Waals surface area contributed by atoms with Gasteiger partial charge in [-0.2, -0.15) is 0 Å². The lowest BCUT2D eigenvalue weighted by molar-refractivity contribution is 0.512. The van der Waals surface area contributed by atoms with Crippen LogP contribution in [0, 0.1) is 0 Å². The van der Waals surface area contributed by atoms with E-state index in [-0.39, 0.29) is 0 Å². The zero-order valence-corrected chi connectivity index (χ0v) is 13.0. The average molecular weight is 291 g/mol. The molecule has 2 aromatic rings. The third-order valence-corrected chi connectivity index (χ3v) is 4.25. The minimum atomic E-state index is 0.375. The standard InChI is InChI=1S/C14H21N5S/c1-4-10-15-12(5-2)11-8-6-7-9-13(11)20-14-16-17-18-19(14)3/h6-9,12,15H,4-5,10H2,1-3H3. The first-order valence-electron chi connectivity index (χ1n) is 6.98. The molecule has 0 fully saturated rings. The van der Waals surface area contributed by atoms with E-state index < -0.39 is 0 Å². The predicted molar refractivity (Wildman–Crippen MR) is 80.7 cm³/mol. The van der Waals surface area contributed by atoms with Gasteiger partial charge in [0.25, 0.3) is 0 Å². The highest BCUT2D eigenvalue weighted by molar-refractivity contribution is 7.99. The van der Waals surface area contributed by atoms with Crippen molar-refractivity contribution in [3.05, 3.63) is 29.8 Å². The highest BCUT2D eigenvalue weighted by Crippen LogP contribution is 2.32. The maximum absolute atomic E-state index is 4.04. The minimum absolute atomic E-state index is 0.375. The molecule has 20 heavy (non-hydrogen) atoms. The Kier molecular flexibility index (Phi) is 5.55. The normalized spacial score (nSPS) is 12.6. The first kappa shape index (κ1) is 15.0. The summed E-state index contributed by atoms with van der Waals surface area (Å²) < 4.78 is 1.70. The van der Waals surface area contributed by atoms with E-state index in [0.29, 0.717) is 6.04 Å². The van der Waals surface area contributed by atoms with E-state index in [1.807, 2.05) is 7.05 Å². The Morgan fingerprint density at radius 1 is 1.30 bits per heavy atom. The largest absolute Gasteiger partial charge is 0.310 e. The number of hydrogen-bond acceptors (Lipinski definition) is 5. The van der Waals surface area contributed by atoms with E-state index >= 15 is 0 Å². The number of aryl methyl sites for hydroxylation is 1. The maximum atomic E-state index is 4.04. The summed E-state index contributed by atoms with van der Waals surface area (Å²) in [5.74, 6) is 0. The molecular formula is C14H21N5S. The van der Waals surface area contributed by atoms with Crippen LogP contribution in [0.3, 0.4) is 0 Å². The summed E-state index contributed by atoms with van der Waals surface area (Å²) in [5.41, 5.74) is 1.32. The highest BCUT2D eigenvalue weighted by Gasteiger charge is 2.15. The number of hydrogen-bond donors (Lipinski definition) is 1. The molecule has 0 radical (unpaired) electrons. The molecule has 1 heterocycles. The minimum Gasteiger partial charge on any atom is -0.310 e. The van der Waals surface area contributed by atoms with Crippen molar-refractivity contribution in [2.45, 2.75) is 42.8 Å². The van der Waals surface area contributed by atoms with Gasteiger partial charge in [0.1, 0.15) is 0 Å². The Labute approximate surface area is 124 Å². The van der Waals surface area contributed by atoms with Crippen molar-refractivity contribution >= 4 is 11.8 Å². The van der Waals surface area contributed by atoms with Gasteiger partial charge in [-0.15, -0.1) is 5.10 Å². The fourth-order valence-electron chi connectivity index (χ4n) is 2.06. The molecule has 0 aliphatic rings. The number of aromatic nitrogens is 4. The number of tetrazole rings is 1. The SMILES string of the molecule is CCCNC(CC)c1ccccc1Sc1nnnn1C. The van der Waals surface area contributed by atoms with E-state index in [2.05, 4.69) is 59.0 Å². The smallest absolute Gasteiger partial charge is 0.213 e. The van der Waals surface area contributed by atoms with Crippen molar-refractivity contribution in [2.75, 3.05) is 6.54 Å². The van der Waals surface area contributed by atoms with Crippen LogP contribution in [-0.4, -0.2) is 26.8 Å². The highest BCUT2D eigenvalue weighted by atomic mass is 32.2. The second-order valence-corrected chi connectivity index (χ2v) is 5.65. The van der Waals surface area contributed by atoms with E-state index in [1.165, 1.54) is 10.5 Å². The van der Waals surface area contributed by atoms with Crippen LogP contribution in [0.1, 0.15) is 38.3 Å². The lowest BCUT2D eigenvalue weighted by Crippen LogP contribution is -2.22. The summed E-state index contributed by atoms with van der Waals surface area (Å²) in [6.07, 6.45) is 2.20. The molecule has 2 rings (SSSR count). The molecule has 0 bridgehead atoms. The van der Waals surface area contributed by atoms with E-state index in [4.69, 9.17) is 0 Å². The lowest BCUT2D eigenvalue weighted by atomic mass is 10.0. The summed E-state index contributed by atoms with van der Waals surface area (Å²) >= 11 is 1.61. The Morgan fingerprint density at radius 2 is 2.10 bits per heavy atom. The summed E-state index contributed by atoms with van der Waals surface area (Å²) in [6, 6.07) is 8.83. The van der Waals surface area contributed by atoms with Gasteiger partial charge >= 0.3 is 0 Å². The molecule has 0 aliphatic heterocycles. The van der Waals surface area contributed by atoms with Crippen LogP contribution >= 0.6 is 11.8 Å². The number of benzene rings is 1. The van der Waals surface area contributed by atoms with Gasteiger partial charge in [-0.25, -0.2) is 4.68 Å². The van der Waals surface area contributed by atoms with Gasteiger partial charge < -0.3 is 5.32 Å². The van der Waals surface area contributed by atoms with E-state index in [0.717, 1.165) is 24.5 Å². The zero-order valence-electron chi connectivity index (χ0n) is 12.2. The molecule has 6 heteroatoms. The van der Waals surface area contributed by atoms with Crippen molar-refractivity contribution in [2.24, 2.45) is 7.05 Å². The molecule has 1 unspecified atom stereocenters. The van der Waals surface area contributed by atoms with Gasteiger partial charge in [0.05, 0.1) is 0 Å². The van der Waals surface area contributed by atoms with Crippen LogP contribution in [0.2, 0.25) is 0 Å². The summed E-state index contributed by atoms with van der Waals surface area (Å²) in [7, 11) is 1.86. The van der Waals surface area contributed by atoms with Crippen LogP contribution in [0.25, 0.3) is 0 Å². The van der Waals surface area contributed by atoms with E-state index in [9.17, 15) is 0 Å². The zero-order chi connectivity index (χ0) is 14.4. The van der Waals surface area contributed by atoms with Gasteiger partial charge in [-0.05, 0) is 53.2 Å². The van der Waals surface area contributed by atoms with Gasteiger partial charge in [-0.3, -0.25) is 0 Å². The Hall–Kier alpha value is -1.40. The summed E-state index contributed by atoms with van der Waals surface area (Å²) in [4.78, 5) is 1.21. The monoisotopic (exact) mass is 291 g/mol. The van der Waals surface area contributed by atoms with Crippen LogP contribution in [0.15, 0.2) is 34.3 Å². The van der Waals surface area contributed by atoms with Gasteiger partial charge in [-0.1, -0.05) is 32.0 Å². The average Bonchev–Trinajstić information content (AvgIpc) is 2.87. The third-order valence-electron chi connectivity index (χ3n) is 3.13. The van der Waals surface area contributed by atoms with Crippen LogP contribution in [0.4, 0.5) is 0 Å². The van der Waals surface area contributed by atoms with Gasteiger partial charge in [0.2, 0.25) is 5.16 Å². The molecule has 5 nitrogen and oxygen atoms in total. The summed E-state index contributed by atoms with van der Waals surface area (Å²) in [5, 5.41) is 16.0. The van der Waals surface area contributed by atoms with E-state index in [1.54, 1.807) is 16.4 Å². The number of nitrogens with one attached hydrogen (secondary N) is 1. The van der Waals surface area contributed by atoms with Crippen molar-refractivity contribution in [1.29, 1.82) is 0 Å². The van der Waals surface area contributed by atoms with Crippen molar-refractivity contribution in [3.63, 3.8) is 0 Å². The molecular weight excluding hydrogens is 270 g/mol. The molecule has 1 N–H and O–H groups in total. The van der Waals surface area contributed by atoms with Crippen molar-refractivity contribution < 1.29 is 0 Å². The van der Waals surface area contributed by atoms with Gasteiger partial charge in [0, 0.05) is 18.0 Å². The second-order valence-electron chi connectivity index (χ2n) is 4.64. The van der Waals surface area contributed by atoms with Crippen LogP contribution in [0.5, 0.6) is 0 Å². The molecule has 1 aromatic heterocycles. The van der Waals surface area contributed by atoms with Gasteiger partial charge in [0.15, 0.2) is 0 Å². The summed E-state index contributed by atoms with van der Waals surface area (Å²) in [6.45, 7) is 5.42. The molecule has 108 valence electrons. The predicted octanol–water partition coefficient (Wildman–Crippen LogP) is 2.81. The van der Waals surface area contributed by atoms with Crippen LogP contribution in [-0.2, 0) is 7.05 Å². The Bertz CT molecular complexity index is 540. The number of nitrogens with zero attached hydrogens (tertiary/aromatic N) is 4. The first-order chi connectivity index (χ1) is 9.76. The molecule has 0 amide bonds. The lowest BCUT2D eigenvalue weighted by Gasteiger charge is -2.19. The van der Waals surface area contributed by atoms with Crippen molar-refractivity contribution in [3.8, 4) is 0 Å². The van der Waals surface area contributed by atoms with Crippen LogP contribution < -0.4 is 5.32 Å². The fourth-order valence-corrected chi connectivity index (χ4v) is 2.98. The number of rotatable bonds is 7. The molecule has 1 atom stereocenters. The molecule has 0 saturated carbocycles. The molecule has 1 aromatic carbocycles. The Morgan fingerprint density at radius 3 is 2.75 bits per heavy atom. The van der Waals surface area contributed by atoms with Crippen molar-refractivity contribution in [1.82, 2.24) is 25.5 Å². The fraction of sp³-hybridized carbons (Fsp3) is 0.500. The Balaban J connectivity index is 2.23. The molecule has 0 spiro atoms. The quantitative estimate of drug-likeness (QED) is 0.850. The molecule has 0 aliphatic carbocycles. The third kappa shape index (κ3) is 3.58. The first-order valence-corrected chi connectivity index (χ1v) is 7.80. The molecule has 0 saturated heterocycles.